The number of rotatable bonds is 5. The molecule has 0 saturated carbocycles. The number of ether oxygens (including phenoxy) is 3. The van der Waals surface area contributed by atoms with Crippen LogP contribution < -0.4 is 4.74 Å². The molecule has 0 aromatic heterocycles. The molecule has 0 N–H and O–H groups in total. The zero-order chi connectivity index (χ0) is 22.9. The van der Waals surface area contributed by atoms with Gasteiger partial charge in [0.05, 0.1) is 25.6 Å². The second kappa shape index (κ2) is 8.71. The van der Waals surface area contributed by atoms with Crippen LogP contribution in [0.3, 0.4) is 0 Å². The van der Waals surface area contributed by atoms with Gasteiger partial charge in [0.25, 0.3) is 0 Å². The first kappa shape index (κ1) is 21.8. The van der Waals surface area contributed by atoms with Gasteiger partial charge in [-0.05, 0) is 36.1 Å². The van der Waals surface area contributed by atoms with Crippen LogP contribution in [0.25, 0.3) is 0 Å². The molecule has 174 valence electrons. The SMILES string of the molecule is COc1ccc(C2(C(=O)N3CCC4(CN(Cc5ccccc5)C(=O)O4)C3)CCOCC2)cc1. The van der Waals surface area contributed by atoms with E-state index in [2.05, 4.69) is 0 Å². The molecule has 7 heteroatoms. The van der Waals surface area contributed by atoms with Gasteiger partial charge >= 0.3 is 6.09 Å². The molecule has 33 heavy (non-hydrogen) atoms. The van der Waals surface area contributed by atoms with Crippen LogP contribution in [-0.2, 0) is 26.2 Å². The fourth-order valence-corrected chi connectivity index (χ4v) is 5.41. The van der Waals surface area contributed by atoms with Gasteiger partial charge < -0.3 is 19.1 Å². The number of hydrogen-bond donors (Lipinski definition) is 0. The number of carbonyl (C=O) groups is 2. The Morgan fingerprint density at radius 3 is 2.42 bits per heavy atom. The van der Waals surface area contributed by atoms with Crippen molar-refractivity contribution >= 4 is 12.0 Å². The largest absolute Gasteiger partial charge is 0.497 e. The number of benzene rings is 2. The van der Waals surface area contributed by atoms with Crippen molar-refractivity contribution in [2.45, 2.75) is 36.8 Å². The molecule has 3 aliphatic heterocycles. The van der Waals surface area contributed by atoms with Crippen LogP contribution in [-0.4, -0.2) is 67.4 Å². The van der Waals surface area contributed by atoms with Gasteiger partial charge in [0.1, 0.15) is 5.75 Å². The summed E-state index contributed by atoms with van der Waals surface area (Å²) in [6, 6.07) is 17.7. The van der Waals surface area contributed by atoms with Gasteiger partial charge in [0.2, 0.25) is 5.91 Å². The minimum Gasteiger partial charge on any atom is -0.497 e. The van der Waals surface area contributed by atoms with Crippen molar-refractivity contribution in [3.05, 3.63) is 65.7 Å². The smallest absolute Gasteiger partial charge is 0.410 e. The van der Waals surface area contributed by atoms with E-state index in [1.54, 1.807) is 12.0 Å². The number of hydrogen-bond acceptors (Lipinski definition) is 5. The van der Waals surface area contributed by atoms with Gasteiger partial charge in [-0.3, -0.25) is 9.69 Å². The maximum atomic E-state index is 14.0. The van der Waals surface area contributed by atoms with Gasteiger partial charge in [-0.25, -0.2) is 4.79 Å². The van der Waals surface area contributed by atoms with Crippen LogP contribution in [0.4, 0.5) is 4.79 Å². The fraction of sp³-hybridized carbons (Fsp3) is 0.462. The Kier molecular flexibility index (Phi) is 5.74. The van der Waals surface area contributed by atoms with Gasteiger partial charge in [-0.2, -0.15) is 0 Å². The first-order valence-corrected chi connectivity index (χ1v) is 11.6. The highest BCUT2D eigenvalue weighted by Crippen LogP contribution is 2.41. The van der Waals surface area contributed by atoms with Crippen LogP contribution in [0.15, 0.2) is 54.6 Å². The van der Waals surface area contributed by atoms with E-state index in [4.69, 9.17) is 14.2 Å². The van der Waals surface area contributed by atoms with Crippen LogP contribution in [0, 0.1) is 0 Å². The van der Waals surface area contributed by atoms with E-state index < -0.39 is 11.0 Å². The Labute approximate surface area is 194 Å². The lowest BCUT2D eigenvalue weighted by molar-refractivity contribution is -0.141. The molecule has 1 atom stereocenters. The molecule has 1 spiro atoms. The number of nitrogens with zero attached hydrogens (tertiary/aromatic N) is 2. The van der Waals surface area contributed by atoms with Crippen LogP contribution in [0.2, 0.25) is 0 Å². The van der Waals surface area contributed by atoms with Gasteiger partial charge in [0, 0.05) is 32.7 Å². The number of methoxy groups -OCH3 is 1. The van der Waals surface area contributed by atoms with E-state index in [1.807, 2.05) is 59.5 Å². The van der Waals surface area contributed by atoms with Crippen LogP contribution >= 0.6 is 0 Å². The van der Waals surface area contributed by atoms with Gasteiger partial charge in [0.15, 0.2) is 5.60 Å². The third kappa shape index (κ3) is 4.06. The topological polar surface area (TPSA) is 68.3 Å². The molecule has 3 aliphatic rings. The summed E-state index contributed by atoms with van der Waals surface area (Å²) in [6.45, 7) is 3.14. The average molecular weight is 451 g/mol. The second-order valence-corrected chi connectivity index (χ2v) is 9.29. The van der Waals surface area contributed by atoms with E-state index in [-0.39, 0.29) is 12.0 Å². The molecular weight excluding hydrogens is 420 g/mol. The molecule has 3 fully saturated rings. The molecule has 0 radical (unpaired) electrons. The Morgan fingerprint density at radius 1 is 1.00 bits per heavy atom. The van der Waals surface area contributed by atoms with Gasteiger partial charge in [-0.1, -0.05) is 42.5 Å². The van der Waals surface area contributed by atoms with Crippen molar-refractivity contribution in [1.82, 2.24) is 9.80 Å². The van der Waals surface area contributed by atoms with Crippen LogP contribution in [0.1, 0.15) is 30.4 Å². The summed E-state index contributed by atoms with van der Waals surface area (Å²) < 4.78 is 16.8. The number of amides is 2. The second-order valence-electron chi connectivity index (χ2n) is 9.29. The Morgan fingerprint density at radius 2 is 1.73 bits per heavy atom. The van der Waals surface area contributed by atoms with E-state index >= 15 is 0 Å². The van der Waals surface area contributed by atoms with E-state index in [0.717, 1.165) is 16.9 Å². The average Bonchev–Trinajstić information content (AvgIpc) is 3.41. The molecular formula is C26H30N2O5. The summed E-state index contributed by atoms with van der Waals surface area (Å²) in [5.74, 6) is 0.871. The number of carbonyl (C=O) groups excluding carboxylic acids is 2. The van der Waals surface area contributed by atoms with Crippen molar-refractivity contribution < 1.29 is 23.8 Å². The highest BCUT2D eigenvalue weighted by Gasteiger charge is 2.53. The first-order chi connectivity index (χ1) is 16.0. The summed E-state index contributed by atoms with van der Waals surface area (Å²) in [5.41, 5.74) is 0.806. The van der Waals surface area contributed by atoms with Gasteiger partial charge in [-0.15, -0.1) is 0 Å². The first-order valence-electron chi connectivity index (χ1n) is 11.6. The Bertz CT molecular complexity index is 1000. The molecule has 3 heterocycles. The van der Waals surface area contributed by atoms with Crippen molar-refractivity contribution in [3.63, 3.8) is 0 Å². The molecule has 0 aliphatic carbocycles. The van der Waals surface area contributed by atoms with Crippen molar-refractivity contribution in [3.8, 4) is 5.75 Å². The normalized spacial score (nSPS) is 24.2. The lowest BCUT2D eigenvalue weighted by Gasteiger charge is -2.39. The zero-order valence-electron chi connectivity index (χ0n) is 19.0. The predicted octanol–water partition coefficient (Wildman–Crippen LogP) is 3.37. The summed E-state index contributed by atoms with van der Waals surface area (Å²) in [5, 5.41) is 0. The minimum atomic E-state index is -0.631. The molecule has 0 bridgehead atoms. The van der Waals surface area contributed by atoms with E-state index in [1.165, 1.54) is 0 Å². The fourth-order valence-electron chi connectivity index (χ4n) is 5.41. The highest BCUT2D eigenvalue weighted by atomic mass is 16.6. The predicted molar refractivity (Wildman–Crippen MR) is 122 cm³/mol. The van der Waals surface area contributed by atoms with Crippen molar-refractivity contribution in [2.75, 3.05) is 40.0 Å². The molecule has 2 aromatic rings. The van der Waals surface area contributed by atoms with E-state index in [0.29, 0.717) is 58.7 Å². The molecule has 2 amide bonds. The molecule has 5 rings (SSSR count). The summed E-state index contributed by atoms with van der Waals surface area (Å²) >= 11 is 0. The monoisotopic (exact) mass is 450 g/mol. The summed E-state index contributed by atoms with van der Waals surface area (Å²) in [6.07, 6.45) is 1.64. The Balaban J connectivity index is 1.33. The summed E-state index contributed by atoms with van der Waals surface area (Å²) in [7, 11) is 1.64. The van der Waals surface area contributed by atoms with Crippen LogP contribution in [0.5, 0.6) is 5.75 Å². The Hall–Kier alpha value is -3.06. The lowest BCUT2D eigenvalue weighted by Crippen LogP contribution is -2.50. The maximum absolute atomic E-state index is 14.0. The number of likely N-dealkylation sites (tertiary alicyclic amines) is 1. The molecule has 1 unspecified atom stereocenters. The summed E-state index contributed by atoms with van der Waals surface area (Å²) in [4.78, 5) is 30.2. The van der Waals surface area contributed by atoms with Crippen molar-refractivity contribution in [2.24, 2.45) is 0 Å². The third-order valence-electron chi connectivity index (χ3n) is 7.26. The quantitative estimate of drug-likeness (QED) is 0.699. The van der Waals surface area contributed by atoms with E-state index in [9.17, 15) is 9.59 Å². The maximum Gasteiger partial charge on any atom is 0.410 e. The third-order valence-corrected chi connectivity index (χ3v) is 7.26. The van der Waals surface area contributed by atoms with Crippen molar-refractivity contribution in [1.29, 1.82) is 0 Å². The highest BCUT2D eigenvalue weighted by molar-refractivity contribution is 5.89. The zero-order valence-corrected chi connectivity index (χ0v) is 19.0. The molecule has 3 saturated heterocycles. The molecule has 2 aromatic carbocycles. The minimum absolute atomic E-state index is 0.102. The lowest BCUT2D eigenvalue weighted by atomic mass is 9.73. The molecule has 7 nitrogen and oxygen atoms in total. The standard InChI is InChI=1S/C26H30N2O5/c1-31-22-9-7-21(8-10-22)26(12-15-32-16-13-26)23(29)27-14-11-25(18-27)19-28(24(30)33-25)17-20-5-3-2-4-6-20/h2-10H,11-19H2,1H3.